The Hall–Kier alpha value is -2.52. The molecule has 4 nitrogen and oxygen atoms in total. The maximum absolute atomic E-state index is 12.7. The molecule has 23 heavy (non-hydrogen) atoms. The molecule has 0 aliphatic carbocycles. The van der Waals surface area contributed by atoms with Gasteiger partial charge in [0.05, 0.1) is 17.3 Å². The first-order valence-electron chi connectivity index (χ1n) is 6.13. The van der Waals surface area contributed by atoms with Crippen molar-refractivity contribution in [2.24, 2.45) is 0 Å². The smallest absolute Gasteiger partial charge is 0.416 e. The highest BCUT2D eigenvalue weighted by Crippen LogP contribution is 2.36. The lowest BCUT2D eigenvalue weighted by Gasteiger charge is -2.14. The molecule has 0 amide bonds. The lowest BCUT2D eigenvalue weighted by molar-refractivity contribution is -0.605. The number of aromatic nitrogens is 2. The summed E-state index contributed by atoms with van der Waals surface area (Å²) in [4.78, 5) is 3.72. The standard InChI is InChI=1S/C13H9F6N3O/c14-12(15,16)9-3-8(4-10(5-9)13(17,18)19)6-21-11-7-22(23)2-1-20-11/h1-5,7H,6H2,(H,20,21). The van der Waals surface area contributed by atoms with Crippen LogP contribution in [-0.2, 0) is 18.9 Å². The molecule has 0 unspecified atom stereocenters. The second kappa shape index (κ2) is 5.94. The summed E-state index contributed by atoms with van der Waals surface area (Å²) in [6.45, 7) is -0.357. The number of hydrogen-bond acceptors (Lipinski definition) is 3. The van der Waals surface area contributed by atoms with Gasteiger partial charge in [0.25, 0.3) is 0 Å². The van der Waals surface area contributed by atoms with Gasteiger partial charge in [-0.1, -0.05) is 0 Å². The van der Waals surface area contributed by atoms with E-state index in [0.717, 1.165) is 18.6 Å². The Kier molecular flexibility index (Phi) is 4.35. The first-order chi connectivity index (χ1) is 10.6. The Bertz CT molecular complexity index is 667. The average molecular weight is 337 g/mol. The summed E-state index contributed by atoms with van der Waals surface area (Å²) in [5.41, 5.74) is -3.04. The summed E-state index contributed by atoms with van der Waals surface area (Å²) < 4.78 is 76.6. The molecule has 1 N–H and O–H groups in total. The predicted octanol–water partition coefficient (Wildman–Crippen LogP) is 3.36. The van der Waals surface area contributed by atoms with Gasteiger partial charge in [0.2, 0.25) is 6.20 Å². The highest BCUT2D eigenvalue weighted by Gasteiger charge is 2.36. The van der Waals surface area contributed by atoms with Gasteiger partial charge in [0.15, 0.2) is 12.0 Å². The number of halogens is 6. The van der Waals surface area contributed by atoms with Crippen molar-refractivity contribution in [2.45, 2.75) is 18.9 Å². The van der Waals surface area contributed by atoms with Crippen molar-refractivity contribution in [3.63, 3.8) is 0 Å². The Labute approximate surface area is 126 Å². The SMILES string of the molecule is [O-][n+]1ccnc(NCc2cc(C(F)(F)F)cc(C(F)(F)F)c2)c1. The molecule has 0 aliphatic rings. The molecule has 124 valence electrons. The number of hydrogen-bond donors (Lipinski definition) is 1. The molecule has 0 spiro atoms. The fourth-order valence-electron chi connectivity index (χ4n) is 1.78. The molecule has 0 radical (unpaired) electrons. The topological polar surface area (TPSA) is 51.9 Å². The van der Waals surface area contributed by atoms with Crippen molar-refractivity contribution in [1.29, 1.82) is 0 Å². The minimum absolute atomic E-state index is 0.0217. The van der Waals surface area contributed by atoms with E-state index < -0.39 is 23.5 Å². The van der Waals surface area contributed by atoms with Crippen molar-refractivity contribution in [3.8, 4) is 0 Å². The number of benzene rings is 1. The lowest BCUT2D eigenvalue weighted by Crippen LogP contribution is -2.25. The van der Waals surface area contributed by atoms with E-state index in [-0.39, 0.29) is 24.0 Å². The second-order valence-corrected chi connectivity index (χ2v) is 4.57. The summed E-state index contributed by atoms with van der Waals surface area (Å²) in [6, 6.07) is 1.27. The third-order valence-electron chi connectivity index (χ3n) is 2.80. The van der Waals surface area contributed by atoms with Crippen LogP contribution in [0, 0.1) is 5.21 Å². The van der Waals surface area contributed by atoms with Gasteiger partial charge < -0.3 is 10.5 Å². The minimum Gasteiger partial charge on any atom is -0.619 e. The van der Waals surface area contributed by atoms with Gasteiger partial charge in [-0.05, 0) is 23.8 Å². The predicted molar refractivity (Wildman–Crippen MR) is 67.0 cm³/mol. The van der Waals surface area contributed by atoms with Crippen LogP contribution in [0.25, 0.3) is 0 Å². The number of anilines is 1. The molecule has 0 atom stereocenters. The summed E-state index contributed by atoms with van der Waals surface area (Å²) in [5.74, 6) is 0.0217. The molecule has 1 aromatic heterocycles. The van der Waals surface area contributed by atoms with Crippen molar-refractivity contribution >= 4 is 5.82 Å². The van der Waals surface area contributed by atoms with E-state index in [2.05, 4.69) is 10.3 Å². The van der Waals surface area contributed by atoms with Crippen LogP contribution in [0.1, 0.15) is 16.7 Å². The fraction of sp³-hybridized carbons (Fsp3) is 0.231. The van der Waals surface area contributed by atoms with E-state index in [1.807, 2.05) is 0 Å². The molecule has 1 heterocycles. The van der Waals surface area contributed by atoms with Gasteiger partial charge in [-0.15, -0.1) is 0 Å². The van der Waals surface area contributed by atoms with Crippen LogP contribution in [0.4, 0.5) is 32.2 Å². The molecule has 10 heteroatoms. The molecule has 2 rings (SSSR count). The molecule has 1 aromatic carbocycles. The minimum atomic E-state index is -4.90. The second-order valence-electron chi connectivity index (χ2n) is 4.57. The molecular weight excluding hydrogens is 328 g/mol. The highest BCUT2D eigenvalue weighted by molar-refractivity contribution is 5.37. The van der Waals surface area contributed by atoms with E-state index >= 15 is 0 Å². The van der Waals surface area contributed by atoms with E-state index in [9.17, 15) is 31.5 Å². The van der Waals surface area contributed by atoms with Crippen LogP contribution in [-0.4, -0.2) is 4.98 Å². The first kappa shape index (κ1) is 16.8. The molecule has 2 aromatic rings. The number of alkyl halides is 6. The third-order valence-corrected chi connectivity index (χ3v) is 2.80. The quantitative estimate of drug-likeness (QED) is 0.531. The molecule has 0 bridgehead atoms. The number of rotatable bonds is 3. The monoisotopic (exact) mass is 337 g/mol. The average Bonchev–Trinajstić information content (AvgIpc) is 2.43. The van der Waals surface area contributed by atoms with E-state index in [1.54, 1.807) is 0 Å². The zero-order chi connectivity index (χ0) is 17.3. The normalized spacial score (nSPS) is 12.3. The summed E-state index contributed by atoms with van der Waals surface area (Å²) >= 11 is 0. The van der Waals surface area contributed by atoms with Crippen molar-refractivity contribution in [3.05, 3.63) is 58.7 Å². The number of nitrogens with one attached hydrogen (secondary N) is 1. The van der Waals surface area contributed by atoms with Crippen LogP contribution in [0.15, 0.2) is 36.8 Å². The highest BCUT2D eigenvalue weighted by atomic mass is 19.4. The maximum Gasteiger partial charge on any atom is 0.416 e. The summed E-state index contributed by atoms with van der Waals surface area (Å²) in [7, 11) is 0. The molecule has 0 aliphatic heterocycles. The van der Waals surface area contributed by atoms with Gasteiger partial charge in [0.1, 0.15) is 0 Å². The zero-order valence-electron chi connectivity index (χ0n) is 11.2. The van der Waals surface area contributed by atoms with Gasteiger partial charge in [0, 0.05) is 6.54 Å². The van der Waals surface area contributed by atoms with Gasteiger partial charge in [-0.25, -0.2) is 4.98 Å². The summed E-state index contributed by atoms with van der Waals surface area (Å²) in [5, 5.41) is 13.5. The van der Waals surface area contributed by atoms with Crippen LogP contribution >= 0.6 is 0 Å². The van der Waals surface area contributed by atoms with E-state index in [0.29, 0.717) is 16.9 Å². The summed E-state index contributed by atoms with van der Waals surface area (Å²) in [6.07, 6.45) is -6.59. The zero-order valence-corrected chi connectivity index (χ0v) is 11.2. The molecule has 0 saturated heterocycles. The Balaban J connectivity index is 2.30. The van der Waals surface area contributed by atoms with Crippen molar-refractivity contribution < 1.29 is 31.1 Å². The first-order valence-corrected chi connectivity index (χ1v) is 6.13. The van der Waals surface area contributed by atoms with Gasteiger partial charge in [-0.3, -0.25) is 0 Å². The Morgan fingerprint density at radius 1 is 1.00 bits per heavy atom. The van der Waals surface area contributed by atoms with Crippen LogP contribution in [0.5, 0.6) is 0 Å². The lowest BCUT2D eigenvalue weighted by atomic mass is 10.0. The molecular formula is C13H9F6N3O. The third kappa shape index (κ3) is 4.47. The van der Waals surface area contributed by atoms with Crippen LogP contribution in [0.3, 0.4) is 0 Å². The van der Waals surface area contributed by atoms with Crippen molar-refractivity contribution in [1.82, 2.24) is 4.98 Å². The van der Waals surface area contributed by atoms with E-state index in [1.165, 1.54) is 0 Å². The maximum atomic E-state index is 12.7. The van der Waals surface area contributed by atoms with E-state index in [4.69, 9.17) is 0 Å². The van der Waals surface area contributed by atoms with Gasteiger partial charge in [-0.2, -0.15) is 31.1 Å². The Morgan fingerprint density at radius 3 is 2.04 bits per heavy atom. The molecule has 0 fully saturated rings. The van der Waals surface area contributed by atoms with Gasteiger partial charge >= 0.3 is 12.4 Å². The fourth-order valence-corrected chi connectivity index (χ4v) is 1.78. The Morgan fingerprint density at radius 2 is 1.57 bits per heavy atom. The van der Waals surface area contributed by atoms with Crippen LogP contribution in [0.2, 0.25) is 0 Å². The van der Waals surface area contributed by atoms with Crippen molar-refractivity contribution in [2.75, 3.05) is 5.32 Å². The molecule has 0 saturated carbocycles. The largest absolute Gasteiger partial charge is 0.619 e. The number of nitrogens with zero attached hydrogens (tertiary/aromatic N) is 2. The van der Waals surface area contributed by atoms with Crippen LogP contribution < -0.4 is 10.0 Å².